The van der Waals surface area contributed by atoms with Gasteiger partial charge in [0.15, 0.2) is 0 Å². The summed E-state index contributed by atoms with van der Waals surface area (Å²) in [5.41, 5.74) is 2.75. The Morgan fingerprint density at radius 3 is 2.39 bits per heavy atom. The average Bonchev–Trinajstić information content (AvgIpc) is 3.27. The molecule has 1 aromatic heterocycles. The van der Waals surface area contributed by atoms with Crippen LogP contribution in [0, 0.1) is 0 Å². The zero-order valence-electron chi connectivity index (χ0n) is 17.2. The van der Waals surface area contributed by atoms with Crippen LogP contribution in [0.25, 0.3) is 5.69 Å². The van der Waals surface area contributed by atoms with Gasteiger partial charge >= 0.3 is 0 Å². The zero-order valence-corrected chi connectivity index (χ0v) is 18.8. The first kappa shape index (κ1) is 21.6. The Bertz CT molecular complexity index is 1000. The largest absolute Gasteiger partial charge is 0.369 e. The first-order valence-corrected chi connectivity index (χ1v) is 11.5. The number of tetrazole rings is 1. The quantitative estimate of drug-likeness (QED) is 0.546. The Morgan fingerprint density at radius 1 is 1.03 bits per heavy atom. The molecular formula is C21H24ClN7OS. The molecule has 0 spiro atoms. The molecule has 0 radical (unpaired) electrons. The molecule has 0 unspecified atom stereocenters. The van der Waals surface area contributed by atoms with Gasteiger partial charge in [-0.15, -0.1) is 5.10 Å². The number of carbonyl (C=O) groups is 1. The van der Waals surface area contributed by atoms with E-state index in [1.54, 1.807) is 16.8 Å². The minimum atomic E-state index is -0.111. The van der Waals surface area contributed by atoms with Gasteiger partial charge in [0.2, 0.25) is 11.1 Å². The van der Waals surface area contributed by atoms with Gasteiger partial charge in [-0.2, -0.15) is 4.68 Å². The normalized spacial score (nSPS) is 14.6. The van der Waals surface area contributed by atoms with Crippen molar-refractivity contribution in [2.75, 3.05) is 48.7 Å². The van der Waals surface area contributed by atoms with Crippen molar-refractivity contribution in [3.63, 3.8) is 0 Å². The molecule has 162 valence electrons. The number of nitrogens with zero attached hydrogens (tertiary/aromatic N) is 6. The molecule has 3 aromatic rings. The summed E-state index contributed by atoms with van der Waals surface area (Å²) in [5, 5.41) is 15.8. The fourth-order valence-corrected chi connectivity index (χ4v) is 4.24. The van der Waals surface area contributed by atoms with Crippen LogP contribution in [0.2, 0.25) is 5.02 Å². The second kappa shape index (κ2) is 10.1. The second-order valence-corrected chi connectivity index (χ2v) is 8.53. The van der Waals surface area contributed by atoms with Crippen LogP contribution in [0.1, 0.15) is 6.92 Å². The number of hydrogen-bond acceptors (Lipinski definition) is 7. The van der Waals surface area contributed by atoms with E-state index in [4.69, 9.17) is 11.6 Å². The van der Waals surface area contributed by atoms with Crippen LogP contribution < -0.4 is 10.2 Å². The molecule has 2 heterocycles. The van der Waals surface area contributed by atoms with E-state index in [-0.39, 0.29) is 11.7 Å². The number of benzene rings is 2. The maximum atomic E-state index is 12.4. The lowest BCUT2D eigenvalue weighted by atomic mass is 10.2. The summed E-state index contributed by atoms with van der Waals surface area (Å²) in [5.74, 6) is 0.0919. The number of amides is 1. The van der Waals surface area contributed by atoms with Gasteiger partial charge in [-0.3, -0.25) is 4.79 Å². The lowest BCUT2D eigenvalue weighted by Crippen LogP contribution is -2.46. The number of piperazine rings is 1. The van der Waals surface area contributed by atoms with E-state index in [1.165, 1.54) is 17.4 Å². The van der Waals surface area contributed by atoms with Gasteiger partial charge in [-0.25, -0.2) is 0 Å². The monoisotopic (exact) mass is 457 g/mol. The predicted octanol–water partition coefficient (Wildman–Crippen LogP) is 3.19. The smallest absolute Gasteiger partial charge is 0.234 e. The van der Waals surface area contributed by atoms with E-state index in [0.29, 0.717) is 10.2 Å². The van der Waals surface area contributed by atoms with Crippen LogP contribution in [0.5, 0.6) is 0 Å². The molecule has 0 bridgehead atoms. The lowest BCUT2D eigenvalue weighted by molar-refractivity contribution is -0.113. The van der Waals surface area contributed by atoms with Gasteiger partial charge < -0.3 is 15.1 Å². The minimum absolute atomic E-state index is 0.111. The number of anilines is 2. The molecule has 4 rings (SSSR count). The van der Waals surface area contributed by atoms with Crippen molar-refractivity contribution in [3.8, 4) is 5.69 Å². The van der Waals surface area contributed by atoms with Crippen LogP contribution >= 0.6 is 23.4 Å². The van der Waals surface area contributed by atoms with Crippen molar-refractivity contribution in [2.24, 2.45) is 0 Å². The van der Waals surface area contributed by atoms with Crippen molar-refractivity contribution < 1.29 is 4.79 Å². The summed E-state index contributed by atoms with van der Waals surface area (Å²) in [6.45, 7) is 7.52. The SMILES string of the molecule is CCN1CCN(c2ccc(NC(=O)CSc3nnnn3-c3ccc(Cl)cc3)cc2)CC1. The summed E-state index contributed by atoms with van der Waals surface area (Å²) in [7, 11) is 0. The van der Waals surface area contributed by atoms with E-state index in [1.807, 2.05) is 24.3 Å². The maximum absolute atomic E-state index is 12.4. The predicted molar refractivity (Wildman–Crippen MR) is 124 cm³/mol. The Morgan fingerprint density at radius 2 is 1.71 bits per heavy atom. The highest BCUT2D eigenvalue weighted by molar-refractivity contribution is 7.99. The van der Waals surface area contributed by atoms with E-state index < -0.39 is 0 Å². The number of carbonyl (C=O) groups excluding carboxylic acids is 1. The molecule has 8 nitrogen and oxygen atoms in total. The Labute approximate surface area is 190 Å². The Hall–Kier alpha value is -2.62. The fourth-order valence-electron chi connectivity index (χ4n) is 3.42. The van der Waals surface area contributed by atoms with Crippen molar-refractivity contribution in [2.45, 2.75) is 12.1 Å². The Kier molecular flexibility index (Phi) is 7.06. The van der Waals surface area contributed by atoms with Gasteiger partial charge in [0.25, 0.3) is 0 Å². The number of thioether (sulfide) groups is 1. The third-order valence-corrected chi connectivity index (χ3v) is 6.35. The van der Waals surface area contributed by atoms with E-state index in [9.17, 15) is 4.79 Å². The second-order valence-electron chi connectivity index (χ2n) is 7.15. The maximum Gasteiger partial charge on any atom is 0.234 e. The first-order chi connectivity index (χ1) is 15.1. The van der Waals surface area contributed by atoms with Crippen LogP contribution in [-0.4, -0.2) is 69.5 Å². The molecule has 0 aliphatic carbocycles. The molecular weight excluding hydrogens is 434 g/mol. The molecule has 31 heavy (non-hydrogen) atoms. The van der Waals surface area contributed by atoms with E-state index in [0.717, 1.165) is 44.1 Å². The summed E-state index contributed by atoms with van der Waals surface area (Å²) in [6.07, 6.45) is 0. The van der Waals surface area contributed by atoms with Crippen molar-refractivity contribution in [1.82, 2.24) is 25.1 Å². The summed E-state index contributed by atoms with van der Waals surface area (Å²) >= 11 is 7.21. The third-order valence-electron chi connectivity index (χ3n) is 5.18. The van der Waals surface area contributed by atoms with Crippen LogP contribution in [0.4, 0.5) is 11.4 Å². The standard InChI is InChI=1S/C21H24ClN7OS/c1-2-27-11-13-28(14-12-27)18-9-5-17(6-10-18)23-20(30)15-31-21-24-25-26-29(21)19-7-3-16(22)4-8-19/h3-10H,2,11-15H2,1H3,(H,23,30). The molecule has 0 saturated carbocycles. The Balaban J connectivity index is 1.30. The minimum Gasteiger partial charge on any atom is -0.369 e. The summed E-state index contributed by atoms with van der Waals surface area (Å²) < 4.78 is 1.58. The molecule has 1 aliphatic rings. The topological polar surface area (TPSA) is 79.2 Å². The first-order valence-electron chi connectivity index (χ1n) is 10.2. The molecule has 0 atom stereocenters. The van der Waals surface area contributed by atoms with Gasteiger partial charge in [-0.1, -0.05) is 30.3 Å². The van der Waals surface area contributed by atoms with Gasteiger partial charge in [0.1, 0.15) is 0 Å². The zero-order chi connectivity index (χ0) is 21.6. The lowest BCUT2D eigenvalue weighted by Gasteiger charge is -2.35. The fraction of sp³-hybridized carbons (Fsp3) is 0.333. The molecule has 1 fully saturated rings. The number of hydrogen-bond donors (Lipinski definition) is 1. The van der Waals surface area contributed by atoms with Crippen LogP contribution in [0.15, 0.2) is 53.7 Å². The van der Waals surface area contributed by atoms with E-state index in [2.05, 4.69) is 49.7 Å². The molecule has 1 saturated heterocycles. The van der Waals surface area contributed by atoms with Gasteiger partial charge in [0, 0.05) is 42.6 Å². The highest BCUT2D eigenvalue weighted by atomic mass is 35.5. The van der Waals surface area contributed by atoms with Crippen molar-refractivity contribution in [3.05, 3.63) is 53.6 Å². The highest BCUT2D eigenvalue weighted by Crippen LogP contribution is 2.22. The number of halogens is 1. The number of nitrogens with one attached hydrogen (secondary N) is 1. The molecule has 2 aromatic carbocycles. The molecule has 10 heteroatoms. The number of likely N-dealkylation sites (N-methyl/N-ethyl adjacent to an activating group) is 1. The van der Waals surface area contributed by atoms with E-state index >= 15 is 0 Å². The molecule has 1 aliphatic heterocycles. The van der Waals surface area contributed by atoms with Gasteiger partial charge in [0.05, 0.1) is 11.4 Å². The van der Waals surface area contributed by atoms with Crippen molar-refractivity contribution >= 4 is 40.6 Å². The highest BCUT2D eigenvalue weighted by Gasteiger charge is 2.16. The summed E-state index contributed by atoms with van der Waals surface area (Å²) in [4.78, 5) is 17.2. The van der Waals surface area contributed by atoms with Crippen LogP contribution in [-0.2, 0) is 4.79 Å². The van der Waals surface area contributed by atoms with Gasteiger partial charge in [-0.05, 0) is 65.5 Å². The molecule has 1 N–H and O–H groups in total. The summed E-state index contributed by atoms with van der Waals surface area (Å²) in [6, 6.07) is 15.2. The molecule has 1 amide bonds. The number of aromatic nitrogens is 4. The number of rotatable bonds is 7. The third kappa shape index (κ3) is 5.55. The van der Waals surface area contributed by atoms with Crippen LogP contribution in [0.3, 0.4) is 0 Å². The average molecular weight is 458 g/mol. The van der Waals surface area contributed by atoms with Crippen molar-refractivity contribution in [1.29, 1.82) is 0 Å².